The van der Waals surface area contributed by atoms with Crippen molar-refractivity contribution in [3.8, 4) is 0 Å². The van der Waals surface area contributed by atoms with E-state index in [1.807, 2.05) is 0 Å². The molecule has 0 saturated heterocycles. The molecule has 0 spiro atoms. The van der Waals surface area contributed by atoms with E-state index in [0.29, 0.717) is 17.2 Å². The molecule has 0 aliphatic heterocycles. The van der Waals surface area contributed by atoms with Crippen LogP contribution in [0.15, 0.2) is 12.3 Å². The van der Waals surface area contributed by atoms with Gasteiger partial charge in [0.2, 0.25) is 0 Å². The molecule has 0 atom stereocenters. The molecular formula is C16H30N2OSi. The summed E-state index contributed by atoms with van der Waals surface area (Å²) in [7, 11) is -1.61. The van der Waals surface area contributed by atoms with Crippen molar-refractivity contribution in [2.24, 2.45) is 0 Å². The fourth-order valence-corrected chi connectivity index (χ4v) is 4.08. The highest BCUT2D eigenvalue weighted by atomic mass is 28.4. The van der Waals surface area contributed by atoms with Crippen LogP contribution in [0.2, 0.25) is 18.1 Å². The third kappa shape index (κ3) is 3.53. The lowest BCUT2D eigenvalue weighted by atomic mass is 9.93. The third-order valence-electron chi connectivity index (χ3n) is 5.03. The lowest BCUT2D eigenvalue weighted by Gasteiger charge is -2.41. The molecule has 3 nitrogen and oxygen atoms in total. The van der Waals surface area contributed by atoms with Crippen molar-refractivity contribution in [3.05, 3.63) is 18.0 Å². The van der Waals surface area contributed by atoms with Gasteiger partial charge in [-0.2, -0.15) is 5.10 Å². The minimum absolute atomic E-state index is 0.308. The molecule has 0 bridgehead atoms. The zero-order valence-corrected chi connectivity index (χ0v) is 14.9. The number of aromatic nitrogens is 2. The summed E-state index contributed by atoms with van der Waals surface area (Å²) in [4.78, 5) is 0. The number of hydrogen-bond donors (Lipinski definition) is 0. The van der Waals surface area contributed by atoms with E-state index in [9.17, 15) is 0 Å². The van der Waals surface area contributed by atoms with Crippen molar-refractivity contribution < 1.29 is 4.43 Å². The maximum atomic E-state index is 6.54. The smallest absolute Gasteiger partial charge is 0.192 e. The Bertz CT molecular complexity index is 440. The van der Waals surface area contributed by atoms with Gasteiger partial charge in [0.25, 0.3) is 0 Å². The van der Waals surface area contributed by atoms with Crippen LogP contribution in [0.5, 0.6) is 0 Å². The molecule has 0 amide bonds. The van der Waals surface area contributed by atoms with Crippen molar-refractivity contribution in [2.75, 3.05) is 0 Å². The van der Waals surface area contributed by atoms with Gasteiger partial charge in [-0.25, -0.2) is 0 Å². The van der Waals surface area contributed by atoms with E-state index in [1.165, 1.54) is 25.7 Å². The molecule has 1 aromatic heterocycles. The Morgan fingerprint density at radius 1 is 1.20 bits per heavy atom. The largest absolute Gasteiger partial charge is 0.414 e. The summed E-state index contributed by atoms with van der Waals surface area (Å²) in [6.45, 7) is 13.7. The first-order valence-corrected chi connectivity index (χ1v) is 10.8. The summed E-state index contributed by atoms with van der Waals surface area (Å²) in [6.07, 6.45) is 7.32. The predicted molar refractivity (Wildman–Crippen MR) is 86.5 cm³/mol. The molecule has 0 unspecified atom stereocenters. The van der Waals surface area contributed by atoms with Crippen molar-refractivity contribution in [1.29, 1.82) is 0 Å². The topological polar surface area (TPSA) is 27.1 Å². The highest BCUT2D eigenvalue weighted by Crippen LogP contribution is 2.40. The van der Waals surface area contributed by atoms with Crippen LogP contribution in [0.4, 0.5) is 0 Å². The molecule has 0 aromatic carbocycles. The fourth-order valence-electron chi connectivity index (χ4n) is 2.66. The molecule has 1 aromatic rings. The molecule has 1 saturated carbocycles. The Hall–Kier alpha value is -0.613. The molecule has 0 radical (unpaired) electrons. The summed E-state index contributed by atoms with van der Waals surface area (Å²) in [6, 6.07) is 2.67. The molecule has 1 aliphatic carbocycles. The number of rotatable bonds is 3. The van der Waals surface area contributed by atoms with Crippen molar-refractivity contribution in [3.63, 3.8) is 0 Å². The first-order valence-electron chi connectivity index (χ1n) is 7.88. The van der Waals surface area contributed by atoms with Gasteiger partial charge in [0, 0.05) is 12.3 Å². The molecule has 114 valence electrons. The first-order chi connectivity index (χ1) is 9.19. The molecular weight excluding hydrogens is 264 g/mol. The maximum absolute atomic E-state index is 6.54. The summed E-state index contributed by atoms with van der Waals surface area (Å²) < 4.78 is 8.69. The summed E-state index contributed by atoms with van der Waals surface area (Å²) in [5.74, 6) is 0. The Balaban J connectivity index is 1.89. The highest BCUT2D eigenvalue weighted by molar-refractivity contribution is 6.74. The van der Waals surface area contributed by atoms with Crippen molar-refractivity contribution in [1.82, 2.24) is 9.78 Å². The van der Waals surface area contributed by atoms with E-state index in [-0.39, 0.29) is 0 Å². The minimum Gasteiger partial charge on any atom is -0.414 e. The van der Waals surface area contributed by atoms with Crippen LogP contribution in [0.25, 0.3) is 0 Å². The Kier molecular flexibility index (Phi) is 4.45. The minimum atomic E-state index is -1.61. The van der Waals surface area contributed by atoms with Crippen molar-refractivity contribution in [2.45, 2.75) is 83.7 Å². The van der Waals surface area contributed by atoms with E-state index >= 15 is 0 Å². The number of aryl methyl sites for hydroxylation is 1. The van der Waals surface area contributed by atoms with E-state index in [1.54, 1.807) is 0 Å². The lowest BCUT2D eigenvalue weighted by Crippen LogP contribution is -2.44. The Morgan fingerprint density at radius 2 is 1.80 bits per heavy atom. The molecule has 4 heteroatoms. The molecule has 1 heterocycles. The van der Waals surface area contributed by atoms with Crippen LogP contribution in [-0.4, -0.2) is 24.2 Å². The quantitative estimate of drug-likeness (QED) is 0.756. The summed E-state index contributed by atoms with van der Waals surface area (Å²) in [5.41, 5.74) is 1.12. The standard InChI is InChI=1S/C16H30N2OSi/c1-13-11-12-18(17-13)14-7-9-15(10-8-14)19-20(5,6)16(2,3)4/h11-12,14-15H,7-10H2,1-6H3. The second-order valence-electron chi connectivity index (χ2n) is 7.75. The monoisotopic (exact) mass is 294 g/mol. The summed E-state index contributed by atoms with van der Waals surface area (Å²) in [5, 5.41) is 4.87. The Morgan fingerprint density at radius 3 is 2.25 bits per heavy atom. The van der Waals surface area contributed by atoms with E-state index in [0.717, 1.165) is 5.69 Å². The predicted octanol–water partition coefficient (Wildman–Crippen LogP) is 4.70. The lowest BCUT2D eigenvalue weighted by molar-refractivity contribution is 0.115. The van der Waals surface area contributed by atoms with Gasteiger partial charge in [-0.1, -0.05) is 20.8 Å². The van der Waals surface area contributed by atoms with Gasteiger partial charge >= 0.3 is 0 Å². The van der Waals surface area contributed by atoms with E-state index < -0.39 is 8.32 Å². The fraction of sp³-hybridized carbons (Fsp3) is 0.812. The van der Waals surface area contributed by atoms with E-state index in [4.69, 9.17) is 4.43 Å². The molecule has 20 heavy (non-hydrogen) atoms. The van der Waals surface area contributed by atoms with Crippen molar-refractivity contribution >= 4 is 8.32 Å². The van der Waals surface area contributed by atoms with Crippen LogP contribution in [0.1, 0.15) is 58.2 Å². The first kappa shape index (κ1) is 15.8. The normalized spacial score (nSPS) is 24.9. The van der Waals surface area contributed by atoms with Gasteiger partial charge in [0.05, 0.1) is 11.7 Å². The second kappa shape index (κ2) is 5.64. The second-order valence-corrected chi connectivity index (χ2v) is 12.5. The van der Waals surface area contributed by atoms with Crippen LogP contribution >= 0.6 is 0 Å². The Labute approximate surface area is 124 Å². The maximum Gasteiger partial charge on any atom is 0.192 e. The molecule has 2 rings (SSSR count). The van der Waals surface area contributed by atoms with Gasteiger partial charge in [-0.3, -0.25) is 4.68 Å². The molecule has 1 aliphatic rings. The summed E-state index contributed by atoms with van der Waals surface area (Å²) >= 11 is 0. The number of hydrogen-bond acceptors (Lipinski definition) is 2. The van der Waals surface area contributed by atoms with Gasteiger partial charge in [0.15, 0.2) is 8.32 Å². The average molecular weight is 295 g/mol. The van der Waals surface area contributed by atoms with Crippen LogP contribution in [0, 0.1) is 6.92 Å². The third-order valence-corrected chi connectivity index (χ3v) is 9.56. The van der Waals surface area contributed by atoms with Gasteiger partial charge < -0.3 is 4.43 Å². The van der Waals surface area contributed by atoms with Gasteiger partial charge in [-0.05, 0) is 56.8 Å². The zero-order valence-electron chi connectivity index (χ0n) is 13.9. The SMILES string of the molecule is Cc1ccn(C2CCC(O[Si](C)(C)C(C)(C)C)CC2)n1. The number of nitrogens with zero attached hydrogens (tertiary/aromatic N) is 2. The van der Waals surface area contributed by atoms with Crippen LogP contribution in [0.3, 0.4) is 0 Å². The van der Waals surface area contributed by atoms with Gasteiger partial charge in [-0.15, -0.1) is 0 Å². The zero-order chi connectivity index (χ0) is 15.0. The highest BCUT2D eigenvalue weighted by Gasteiger charge is 2.39. The van der Waals surface area contributed by atoms with Crippen LogP contribution < -0.4 is 0 Å². The molecule has 1 fully saturated rings. The average Bonchev–Trinajstić information content (AvgIpc) is 2.75. The molecule has 0 N–H and O–H groups in total. The van der Waals surface area contributed by atoms with E-state index in [2.05, 4.69) is 62.8 Å². The van der Waals surface area contributed by atoms with Gasteiger partial charge in [0.1, 0.15) is 0 Å². The van der Waals surface area contributed by atoms with Crippen LogP contribution in [-0.2, 0) is 4.43 Å².